The van der Waals surface area contributed by atoms with Gasteiger partial charge in [-0.05, 0) is 23.8 Å². The molecule has 1 aromatic rings. The Balaban J connectivity index is 2.49. The molecule has 0 atom stereocenters. The van der Waals surface area contributed by atoms with Crippen LogP contribution in [0, 0.1) is 0 Å². The van der Waals surface area contributed by atoms with Crippen molar-refractivity contribution in [2.45, 2.75) is 25.5 Å². The molecule has 0 aliphatic carbocycles. The second-order valence-electron chi connectivity index (χ2n) is 5.70. The number of carbonyl (C=O) groups excluding carboxylic acids is 1. The number of nitrogens with one attached hydrogen (secondary N) is 1. The number of hydrogen-bond donors (Lipinski definition) is 1. The zero-order valence-electron chi connectivity index (χ0n) is 13.9. The predicted molar refractivity (Wildman–Crippen MR) is 93.8 cm³/mol. The summed E-state index contributed by atoms with van der Waals surface area (Å²) >= 11 is 1.83. The van der Waals surface area contributed by atoms with Crippen molar-refractivity contribution in [3.63, 3.8) is 0 Å². The molecule has 1 N–H and O–H groups in total. The molecule has 0 spiro atoms. The lowest BCUT2D eigenvalue weighted by atomic mass is 10.2. The summed E-state index contributed by atoms with van der Waals surface area (Å²) in [6.45, 7) is 7.15. The number of hydrogen-bond acceptors (Lipinski definition) is 4. The Morgan fingerprint density at radius 2 is 1.91 bits per heavy atom. The topological polar surface area (TPSA) is 47.6 Å². The third-order valence-corrected chi connectivity index (χ3v) is 4.05. The first-order chi connectivity index (χ1) is 10.4. The van der Waals surface area contributed by atoms with E-state index in [4.69, 9.17) is 9.47 Å². The first-order valence-electron chi connectivity index (χ1n) is 7.17. The maximum Gasteiger partial charge on any atom is 0.244 e. The van der Waals surface area contributed by atoms with Crippen LogP contribution in [0.4, 0.5) is 0 Å². The molecular formula is C17H25NO3S. The van der Waals surface area contributed by atoms with Crippen molar-refractivity contribution in [2.24, 2.45) is 0 Å². The number of rotatable bonds is 7. The van der Waals surface area contributed by atoms with Crippen LogP contribution in [0.3, 0.4) is 0 Å². The summed E-state index contributed by atoms with van der Waals surface area (Å²) in [5.74, 6) is 2.12. The van der Waals surface area contributed by atoms with Gasteiger partial charge in [-0.15, -0.1) is 0 Å². The quantitative estimate of drug-likeness (QED) is 0.617. The standard InChI is InChI=1S/C17H25NO3S/c1-17(2,3)22-11-10-18-16(19)9-7-13-6-8-14(20-4)15(12-13)21-5/h6-9,12H,10-11H2,1-5H3,(H,18,19)/b9-7+. The minimum Gasteiger partial charge on any atom is -0.493 e. The van der Waals surface area contributed by atoms with E-state index < -0.39 is 0 Å². The van der Waals surface area contributed by atoms with Crippen molar-refractivity contribution in [1.82, 2.24) is 5.32 Å². The Bertz CT molecular complexity index is 521. The summed E-state index contributed by atoms with van der Waals surface area (Å²) < 4.78 is 10.6. The van der Waals surface area contributed by atoms with Gasteiger partial charge in [0.2, 0.25) is 5.91 Å². The summed E-state index contributed by atoms with van der Waals surface area (Å²) in [4.78, 5) is 11.8. The molecule has 1 aromatic carbocycles. The van der Waals surface area contributed by atoms with Gasteiger partial charge in [-0.2, -0.15) is 11.8 Å². The summed E-state index contributed by atoms with van der Waals surface area (Å²) in [6, 6.07) is 5.52. The van der Waals surface area contributed by atoms with E-state index in [2.05, 4.69) is 26.1 Å². The van der Waals surface area contributed by atoms with Crippen LogP contribution in [0.25, 0.3) is 6.08 Å². The fourth-order valence-electron chi connectivity index (χ4n) is 1.72. The van der Waals surface area contributed by atoms with Crippen LogP contribution in [0.5, 0.6) is 11.5 Å². The van der Waals surface area contributed by atoms with E-state index in [0.717, 1.165) is 11.3 Å². The molecule has 122 valence electrons. The smallest absolute Gasteiger partial charge is 0.244 e. The second-order valence-corrected chi connectivity index (χ2v) is 7.62. The molecule has 5 heteroatoms. The van der Waals surface area contributed by atoms with Crippen molar-refractivity contribution in [1.29, 1.82) is 0 Å². The third-order valence-electron chi connectivity index (χ3n) is 2.77. The summed E-state index contributed by atoms with van der Waals surface area (Å²) in [5, 5.41) is 2.87. The van der Waals surface area contributed by atoms with Gasteiger partial charge in [0.05, 0.1) is 14.2 Å². The van der Waals surface area contributed by atoms with Crippen molar-refractivity contribution < 1.29 is 14.3 Å². The molecule has 0 bridgehead atoms. The molecule has 1 rings (SSSR count). The fourth-order valence-corrected chi connectivity index (χ4v) is 2.54. The van der Waals surface area contributed by atoms with E-state index in [0.29, 0.717) is 18.0 Å². The lowest BCUT2D eigenvalue weighted by molar-refractivity contribution is -0.116. The van der Waals surface area contributed by atoms with E-state index in [-0.39, 0.29) is 10.7 Å². The highest BCUT2D eigenvalue weighted by Crippen LogP contribution is 2.27. The van der Waals surface area contributed by atoms with Crippen LogP contribution in [0.1, 0.15) is 26.3 Å². The lowest BCUT2D eigenvalue weighted by Gasteiger charge is -2.17. The minimum atomic E-state index is -0.0932. The molecule has 0 saturated carbocycles. The summed E-state index contributed by atoms with van der Waals surface area (Å²) in [6.07, 6.45) is 3.29. The molecule has 0 aliphatic rings. The molecule has 0 aromatic heterocycles. The molecular weight excluding hydrogens is 298 g/mol. The van der Waals surface area contributed by atoms with Gasteiger partial charge in [-0.3, -0.25) is 4.79 Å². The van der Waals surface area contributed by atoms with Gasteiger partial charge < -0.3 is 14.8 Å². The number of carbonyl (C=O) groups is 1. The van der Waals surface area contributed by atoms with Crippen LogP contribution in [0.2, 0.25) is 0 Å². The highest BCUT2D eigenvalue weighted by atomic mass is 32.2. The molecule has 4 nitrogen and oxygen atoms in total. The van der Waals surface area contributed by atoms with Crippen molar-refractivity contribution in [2.75, 3.05) is 26.5 Å². The third kappa shape index (κ3) is 6.89. The number of benzene rings is 1. The van der Waals surface area contributed by atoms with Crippen molar-refractivity contribution >= 4 is 23.7 Å². The number of methoxy groups -OCH3 is 2. The Hall–Kier alpha value is -1.62. The zero-order chi connectivity index (χ0) is 16.6. The fraction of sp³-hybridized carbons (Fsp3) is 0.471. The van der Waals surface area contributed by atoms with Crippen LogP contribution in [0.15, 0.2) is 24.3 Å². The van der Waals surface area contributed by atoms with Gasteiger partial charge in [-0.25, -0.2) is 0 Å². The molecule has 0 radical (unpaired) electrons. The average molecular weight is 323 g/mol. The monoisotopic (exact) mass is 323 g/mol. The average Bonchev–Trinajstić information content (AvgIpc) is 2.48. The molecule has 0 saturated heterocycles. The van der Waals surface area contributed by atoms with Crippen molar-refractivity contribution in [3.8, 4) is 11.5 Å². The minimum absolute atomic E-state index is 0.0932. The van der Waals surface area contributed by atoms with Crippen LogP contribution in [-0.4, -0.2) is 37.2 Å². The van der Waals surface area contributed by atoms with Gasteiger partial charge >= 0.3 is 0 Å². The van der Waals surface area contributed by atoms with Gasteiger partial charge in [0.1, 0.15) is 0 Å². The highest BCUT2D eigenvalue weighted by Gasteiger charge is 2.09. The normalized spacial score (nSPS) is 11.5. The molecule has 0 aliphatic heterocycles. The highest BCUT2D eigenvalue weighted by molar-refractivity contribution is 8.00. The largest absolute Gasteiger partial charge is 0.493 e. The molecule has 1 amide bonds. The van der Waals surface area contributed by atoms with Crippen molar-refractivity contribution in [3.05, 3.63) is 29.8 Å². The van der Waals surface area contributed by atoms with E-state index in [1.807, 2.05) is 30.0 Å². The first-order valence-corrected chi connectivity index (χ1v) is 8.16. The van der Waals surface area contributed by atoms with E-state index >= 15 is 0 Å². The number of thioether (sulfide) groups is 1. The van der Waals surface area contributed by atoms with Gasteiger partial charge in [0.25, 0.3) is 0 Å². The zero-order valence-corrected chi connectivity index (χ0v) is 14.8. The number of amides is 1. The van der Waals surface area contributed by atoms with E-state index in [9.17, 15) is 4.79 Å². The second kappa shape index (κ2) is 8.73. The van der Waals surface area contributed by atoms with Gasteiger partial charge in [0, 0.05) is 23.1 Å². The Morgan fingerprint density at radius 1 is 1.23 bits per heavy atom. The first kappa shape index (κ1) is 18.4. The maximum atomic E-state index is 11.8. The molecule has 0 fully saturated rings. The Kier molecular flexibility index (Phi) is 7.32. The molecule has 22 heavy (non-hydrogen) atoms. The van der Waals surface area contributed by atoms with Crippen LogP contribution in [-0.2, 0) is 4.79 Å². The van der Waals surface area contributed by atoms with Gasteiger partial charge in [0.15, 0.2) is 11.5 Å². The molecule has 0 unspecified atom stereocenters. The summed E-state index contributed by atoms with van der Waals surface area (Å²) in [5.41, 5.74) is 0.886. The van der Waals surface area contributed by atoms with Gasteiger partial charge in [-0.1, -0.05) is 26.8 Å². The maximum absolute atomic E-state index is 11.8. The lowest BCUT2D eigenvalue weighted by Crippen LogP contribution is -2.25. The SMILES string of the molecule is COc1ccc(/C=C/C(=O)NCCSC(C)(C)C)cc1OC. The Morgan fingerprint density at radius 3 is 2.50 bits per heavy atom. The van der Waals surface area contributed by atoms with Crippen LogP contribution >= 0.6 is 11.8 Å². The van der Waals surface area contributed by atoms with Crippen LogP contribution < -0.4 is 14.8 Å². The van der Waals surface area contributed by atoms with E-state index in [1.165, 1.54) is 6.08 Å². The predicted octanol–water partition coefficient (Wildman–Crippen LogP) is 3.36. The number of ether oxygens (including phenoxy) is 2. The molecule has 0 heterocycles. The van der Waals surface area contributed by atoms with E-state index in [1.54, 1.807) is 20.3 Å². The Labute approximate surface area is 137 Å². The summed E-state index contributed by atoms with van der Waals surface area (Å²) in [7, 11) is 3.18.